The molecule has 1 saturated heterocycles. The molecule has 0 N–H and O–H groups in total. The fourth-order valence-electron chi connectivity index (χ4n) is 3.59. The molecule has 0 aliphatic carbocycles. The van der Waals surface area contributed by atoms with Crippen molar-refractivity contribution >= 4 is 28.5 Å². The summed E-state index contributed by atoms with van der Waals surface area (Å²) in [7, 11) is 1.63. The summed E-state index contributed by atoms with van der Waals surface area (Å²) in [6, 6.07) is 5.46. The Morgan fingerprint density at radius 3 is 2.83 bits per heavy atom. The maximum atomic E-state index is 14.1. The zero-order valence-electron chi connectivity index (χ0n) is 15.9. The first-order valence-electron chi connectivity index (χ1n) is 9.24. The van der Waals surface area contributed by atoms with Gasteiger partial charge in [0.15, 0.2) is 11.0 Å². The third kappa shape index (κ3) is 4.29. The highest BCUT2D eigenvalue weighted by molar-refractivity contribution is 6.32. The fourth-order valence-corrected chi connectivity index (χ4v) is 3.84. The maximum absolute atomic E-state index is 14.1. The van der Waals surface area contributed by atoms with E-state index in [1.807, 2.05) is 0 Å². The first-order valence-corrected chi connectivity index (χ1v) is 9.62. The Morgan fingerprint density at radius 1 is 1.17 bits per heavy atom. The van der Waals surface area contributed by atoms with Crippen molar-refractivity contribution in [3.63, 3.8) is 0 Å². The van der Waals surface area contributed by atoms with Gasteiger partial charge < -0.3 is 9.64 Å². The van der Waals surface area contributed by atoms with Gasteiger partial charge in [-0.25, -0.2) is 18.7 Å². The predicted octanol–water partition coefficient (Wildman–Crippen LogP) is 3.29. The van der Waals surface area contributed by atoms with Crippen LogP contribution in [0.2, 0.25) is 5.15 Å². The van der Waals surface area contributed by atoms with Gasteiger partial charge in [-0.15, -0.1) is 0 Å². The van der Waals surface area contributed by atoms with Crippen molar-refractivity contribution < 1.29 is 13.5 Å². The summed E-state index contributed by atoms with van der Waals surface area (Å²) in [6.07, 6.45) is 3.29. The summed E-state index contributed by atoms with van der Waals surface area (Å²) in [5.41, 5.74) is 1.82. The summed E-state index contributed by atoms with van der Waals surface area (Å²) in [5.74, 6) is -0.510. The SMILES string of the molecule is COCC1CN(c2nc3ccncc3nc2Cl)CCN1Cc1ccc(F)cc1F. The molecular formula is C20H20ClF2N5O. The van der Waals surface area contributed by atoms with Gasteiger partial charge in [0.05, 0.1) is 24.4 Å². The second-order valence-electron chi connectivity index (χ2n) is 6.96. The molecule has 1 aromatic carbocycles. The number of pyridine rings is 1. The first-order chi connectivity index (χ1) is 14.0. The van der Waals surface area contributed by atoms with Crippen LogP contribution in [0.25, 0.3) is 11.0 Å². The third-order valence-corrected chi connectivity index (χ3v) is 5.31. The van der Waals surface area contributed by atoms with Crippen molar-refractivity contribution in [3.05, 3.63) is 59.0 Å². The summed E-state index contributed by atoms with van der Waals surface area (Å²) in [6.45, 7) is 2.73. The van der Waals surface area contributed by atoms with Crippen LogP contribution in [0.15, 0.2) is 36.7 Å². The Hall–Kier alpha value is -2.42. The molecule has 1 aliphatic heterocycles. The highest BCUT2D eigenvalue weighted by atomic mass is 35.5. The zero-order chi connectivity index (χ0) is 20.4. The molecule has 1 aliphatic rings. The highest BCUT2D eigenvalue weighted by Crippen LogP contribution is 2.27. The summed E-state index contributed by atoms with van der Waals surface area (Å²) in [4.78, 5) is 17.3. The minimum atomic E-state index is -0.579. The Morgan fingerprint density at radius 2 is 2.03 bits per heavy atom. The third-order valence-electron chi connectivity index (χ3n) is 5.06. The molecular weight excluding hydrogens is 400 g/mol. The van der Waals surface area contributed by atoms with E-state index in [4.69, 9.17) is 16.3 Å². The Kier molecular flexibility index (Phi) is 5.84. The minimum absolute atomic E-state index is 0.00999. The number of hydrogen-bond donors (Lipinski definition) is 0. The number of methoxy groups -OCH3 is 1. The molecule has 0 amide bonds. The lowest BCUT2D eigenvalue weighted by Gasteiger charge is -2.41. The van der Waals surface area contributed by atoms with Crippen LogP contribution in [0.5, 0.6) is 0 Å². The van der Waals surface area contributed by atoms with Crippen LogP contribution in [-0.2, 0) is 11.3 Å². The van der Waals surface area contributed by atoms with Gasteiger partial charge in [-0.2, -0.15) is 0 Å². The molecule has 0 spiro atoms. The van der Waals surface area contributed by atoms with Crippen LogP contribution in [0.1, 0.15) is 5.56 Å². The number of rotatable bonds is 5. The smallest absolute Gasteiger partial charge is 0.172 e. The average molecular weight is 420 g/mol. The molecule has 0 bridgehead atoms. The molecule has 4 rings (SSSR count). The van der Waals surface area contributed by atoms with E-state index in [0.717, 1.165) is 11.6 Å². The molecule has 0 radical (unpaired) electrons. The van der Waals surface area contributed by atoms with Gasteiger partial charge in [-0.05, 0) is 12.1 Å². The van der Waals surface area contributed by atoms with Gasteiger partial charge in [0.1, 0.15) is 17.2 Å². The number of halogens is 3. The van der Waals surface area contributed by atoms with Crippen LogP contribution < -0.4 is 4.90 Å². The van der Waals surface area contributed by atoms with Gasteiger partial charge in [-0.3, -0.25) is 9.88 Å². The molecule has 3 heterocycles. The van der Waals surface area contributed by atoms with E-state index in [-0.39, 0.29) is 6.04 Å². The number of ether oxygens (including phenoxy) is 1. The number of anilines is 1. The number of nitrogens with zero attached hydrogens (tertiary/aromatic N) is 5. The van der Waals surface area contributed by atoms with Gasteiger partial charge in [-0.1, -0.05) is 17.7 Å². The molecule has 1 unspecified atom stereocenters. The van der Waals surface area contributed by atoms with Crippen LogP contribution in [0.3, 0.4) is 0 Å². The van der Waals surface area contributed by atoms with E-state index in [0.29, 0.717) is 54.8 Å². The van der Waals surface area contributed by atoms with Gasteiger partial charge in [0.2, 0.25) is 0 Å². The molecule has 1 fully saturated rings. The van der Waals surface area contributed by atoms with Crippen molar-refractivity contribution in [1.29, 1.82) is 0 Å². The van der Waals surface area contributed by atoms with E-state index < -0.39 is 11.6 Å². The van der Waals surface area contributed by atoms with Gasteiger partial charge >= 0.3 is 0 Å². The van der Waals surface area contributed by atoms with Crippen molar-refractivity contribution in [1.82, 2.24) is 19.9 Å². The Bertz CT molecular complexity index is 1020. The number of aromatic nitrogens is 3. The number of benzene rings is 1. The molecule has 3 aromatic rings. The van der Waals surface area contributed by atoms with E-state index in [1.54, 1.807) is 25.6 Å². The van der Waals surface area contributed by atoms with Crippen molar-refractivity contribution in [2.75, 3.05) is 38.3 Å². The Balaban J connectivity index is 1.55. The lowest BCUT2D eigenvalue weighted by Crippen LogP contribution is -2.55. The van der Waals surface area contributed by atoms with E-state index in [1.165, 1.54) is 12.1 Å². The summed E-state index contributed by atoms with van der Waals surface area (Å²) in [5, 5.41) is 0.319. The molecule has 6 nitrogen and oxygen atoms in total. The van der Waals surface area contributed by atoms with Crippen molar-refractivity contribution in [3.8, 4) is 0 Å². The van der Waals surface area contributed by atoms with Crippen LogP contribution in [0, 0.1) is 11.6 Å². The molecule has 2 aromatic heterocycles. The molecule has 152 valence electrons. The number of piperazine rings is 1. The van der Waals surface area contributed by atoms with Gasteiger partial charge in [0, 0.05) is 51.1 Å². The molecule has 0 saturated carbocycles. The van der Waals surface area contributed by atoms with E-state index in [2.05, 4.69) is 24.8 Å². The summed E-state index contributed by atoms with van der Waals surface area (Å²) >= 11 is 6.39. The standard InChI is InChI=1S/C20H20ClF2N5O/c1-29-12-15-11-28(20-19(21)25-18-9-24-5-4-17(18)26-20)7-6-27(15)10-13-2-3-14(22)8-16(13)23/h2-5,8-9,15H,6-7,10-12H2,1H3. The van der Waals surface area contributed by atoms with Crippen LogP contribution in [-0.4, -0.2) is 59.2 Å². The fraction of sp³-hybridized carbons (Fsp3) is 0.350. The molecule has 9 heteroatoms. The average Bonchev–Trinajstić information content (AvgIpc) is 2.71. The first kappa shape index (κ1) is 19.9. The quantitative estimate of drug-likeness (QED) is 0.632. The van der Waals surface area contributed by atoms with Gasteiger partial charge in [0.25, 0.3) is 0 Å². The van der Waals surface area contributed by atoms with Crippen molar-refractivity contribution in [2.45, 2.75) is 12.6 Å². The minimum Gasteiger partial charge on any atom is -0.383 e. The number of fused-ring (bicyclic) bond motifs is 1. The maximum Gasteiger partial charge on any atom is 0.172 e. The van der Waals surface area contributed by atoms with E-state index in [9.17, 15) is 8.78 Å². The largest absolute Gasteiger partial charge is 0.383 e. The monoisotopic (exact) mass is 419 g/mol. The molecule has 29 heavy (non-hydrogen) atoms. The Labute approximate surface area is 172 Å². The van der Waals surface area contributed by atoms with E-state index >= 15 is 0 Å². The number of hydrogen-bond acceptors (Lipinski definition) is 6. The highest BCUT2D eigenvalue weighted by Gasteiger charge is 2.29. The topological polar surface area (TPSA) is 54.4 Å². The summed E-state index contributed by atoms with van der Waals surface area (Å²) < 4.78 is 32.7. The second-order valence-corrected chi connectivity index (χ2v) is 7.32. The normalized spacial score (nSPS) is 17.8. The lowest BCUT2D eigenvalue weighted by molar-refractivity contribution is 0.0759. The van der Waals surface area contributed by atoms with Crippen LogP contribution in [0.4, 0.5) is 14.6 Å². The van der Waals surface area contributed by atoms with Crippen molar-refractivity contribution in [2.24, 2.45) is 0 Å². The predicted molar refractivity (Wildman–Crippen MR) is 107 cm³/mol. The molecule has 1 atom stereocenters. The lowest BCUT2D eigenvalue weighted by atomic mass is 10.1. The zero-order valence-corrected chi connectivity index (χ0v) is 16.6. The van der Waals surface area contributed by atoms with Crippen LogP contribution >= 0.6 is 11.6 Å². The second kappa shape index (κ2) is 8.52.